The lowest BCUT2D eigenvalue weighted by molar-refractivity contribution is 0.0521. The molecule has 2 atom stereocenters. The van der Waals surface area contributed by atoms with Gasteiger partial charge in [0.1, 0.15) is 17.3 Å². The smallest absolute Gasteiger partial charge is 0.324 e. The molecule has 9 heteroatoms. The second kappa shape index (κ2) is 13.1. The topological polar surface area (TPSA) is 97.7 Å². The zero-order valence-electron chi connectivity index (χ0n) is 28.2. The van der Waals surface area contributed by atoms with Crippen molar-refractivity contribution < 1.29 is 19.1 Å². The Bertz CT molecular complexity index is 1740. The standard InChI is InChI=1S/C38H45N5O4/c1-24-11-13-27(14-12-24)43-35(23-34(41-43)38(2,3)4)40-37(45)39-32-10-8-7-9-26(32)19-25-20-28-15-16-29(21-25)42(28)36(44)31-18-17-30(46-5)22-33(31)47-6/h7-14,17-18,22-23,25,28-29H,15-16,19-21H2,1-6H3,(H2,39,40,45). The number of hydrogen-bond donors (Lipinski definition) is 2. The SMILES string of the molecule is COc1ccc(C(=O)N2C3CCC2CC(Cc2ccccc2NC(=O)Nc2cc(C(C)(C)C)nn2-c2ccc(C)cc2)C3)c(OC)c1. The van der Waals surface area contributed by atoms with Gasteiger partial charge in [0, 0.05) is 35.3 Å². The van der Waals surface area contributed by atoms with Crippen LogP contribution in [-0.2, 0) is 11.8 Å². The number of nitrogens with one attached hydrogen (secondary N) is 2. The molecule has 0 radical (unpaired) electrons. The van der Waals surface area contributed by atoms with Crippen LogP contribution in [0, 0.1) is 12.8 Å². The van der Waals surface area contributed by atoms with Crippen molar-refractivity contribution in [2.24, 2.45) is 5.92 Å². The summed E-state index contributed by atoms with van der Waals surface area (Å²) in [5.74, 6) is 2.22. The maximum atomic E-state index is 13.8. The number of ether oxygens (including phenoxy) is 2. The molecule has 2 unspecified atom stereocenters. The molecule has 2 N–H and O–H groups in total. The number of urea groups is 1. The molecule has 2 aliphatic heterocycles. The van der Waals surface area contributed by atoms with Crippen molar-refractivity contribution in [2.45, 2.75) is 77.3 Å². The lowest BCUT2D eigenvalue weighted by atomic mass is 9.85. The normalized spacial score (nSPS) is 18.9. The number of piperidine rings is 1. The molecule has 3 amide bonds. The van der Waals surface area contributed by atoms with Crippen LogP contribution in [0.15, 0.2) is 72.8 Å². The van der Waals surface area contributed by atoms with Crippen LogP contribution in [-0.4, -0.2) is 52.9 Å². The third-order valence-electron chi connectivity index (χ3n) is 9.48. The fraction of sp³-hybridized carbons (Fsp3) is 0.395. The minimum atomic E-state index is -0.319. The van der Waals surface area contributed by atoms with Crippen LogP contribution < -0.4 is 20.1 Å². The predicted molar refractivity (Wildman–Crippen MR) is 185 cm³/mol. The predicted octanol–water partition coefficient (Wildman–Crippen LogP) is 7.77. The molecule has 1 aromatic heterocycles. The Hall–Kier alpha value is -4.79. The number of nitrogens with zero attached hydrogens (tertiary/aromatic N) is 3. The van der Waals surface area contributed by atoms with Gasteiger partial charge in [0.25, 0.3) is 5.91 Å². The largest absolute Gasteiger partial charge is 0.497 e. The van der Waals surface area contributed by atoms with Crippen molar-refractivity contribution in [3.63, 3.8) is 0 Å². The first-order chi connectivity index (χ1) is 22.5. The maximum absolute atomic E-state index is 13.8. The number of amides is 3. The number of rotatable bonds is 8. The summed E-state index contributed by atoms with van der Waals surface area (Å²) in [5.41, 5.74) is 5.19. The summed E-state index contributed by atoms with van der Waals surface area (Å²) in [6, 6.07) is 23.5. The minimum absolute atomic E-state index is 0.0219. The van der Waals surface area contributed by atoms with E-state index in [0.29, 0.717) is 28.8 Å². The molecule has 3 heterocycles. The summed E-state index contributed by atoms with van der Waals surface area (Å²) in [5, 5.41) is 11.0. The molecule has 0 spiro atoms. The summed E-state index contributed by atoms with van der Waals surface area (Å²) < 4.78 is 12.7. The number of carbonyl (C=O) groups excluding carboxylic acids is 2. The van der Waals surface area contributed by atoms with Gasteiger partial charge in [0.05, 0.1) is 31.2 Å². The Morgan fingerprint density at radius 2 is 1.60 bits per heavy atom. The van der Waals surface area contributed by atoms with Gasteiger partial charge in [-0.1, -0.05) is 56.7 Å². The second-order valence-corrected chi connectivity index (χ2v) is 13.9. The molecule has 246 valence electrons. The van der Waals surface area contributed by atoms with Crippen LogP contribution in [0.5, 0.6) is 11.5 Å². The lowest BCUT2D eigenvalue weighted by Gasteiger charge is -2.39. The van der Waals surface area contributed by atoms with E-state index in [0.717, 1.165) is 60.3 Å². The first-order valence-corrected chi connectivity index (χ1v) is 16.4. The molecule has 3 aromatic carbocycles. The summed E-state index contributed by atoms with van der Waals surface area (Å²) in [7, 11) is 3.19. The van der Waals surface area contributed by atoms with E-state index < -0.39 is 0 Å². The van der Waals surface area contributed by atoms with Crippen LogP contribution in [0.3, 0.4) is 0 Å². The van der Waals surface area contributed by atoms with E-state index >= 15 is 0 Å². The lowest BCUT2D eigenvalue weighted by Crippen LogP contribution is -2.47. The Morgan fingerprint density at radius 1 is 0.894 bits per heavy atom. The van der Waals surface area contributed by atoms with Crippen molar-refractivity contribution in [3.8, 4) is 17.2 Å². The Kier molecular flexibility index (Phi) is 8.99. The van der Waals surface area contributed by atoms with Gasteiger partial charge in [-0.3, -0.25) is 10.1 Å². The highest BCUT2D eigenvalue weighted by molar-refractivity contribution is 6.00. The third-order valence-corrected chi connectivity index (χ3v) is 9.48. The van der Waals surface area contributed by atoms with Gasteiger partial charge in [0.2, 0.25) is 0 Å². The summed E-state index contributed by atoms with van der Waals surface area (Å²) in [4.78, 5) is 29.3. The number of benzene rings is 3. The number of anilines is 2. The van der Waals surface area contributed by atoms with Gasteiger partial charge < -0.3 is 19.7 Å². The fourth-order valence-electron chi connectivity index (χ4n) is 7.02. The van der Waals surface area contributed by atoms with Crippen LogP contribution in [0.25, 0.3) is 5.69 Å². The minimum Gasteiger partial charge on any atom is -0.497 e. The molecule has 0 aliphatic carbocycles. The third kappa shape index (κ3) is 6.84. The maximum Gasteiger partial charge on any atom is 0.324 e. The van der Waals surface area contributed by atoms with E-state index in [1.165, 1.54) is 0 Å². The van der Waals surface area contributed by atoms with E-state index in [1.54, 1.807) is 31.0 Å². The monoisotopic (exact) mass is 635 g/mol. The summed E-state index contributed by atoms with van der Waals surface area (Å²) >= 11 is 0. The highest BCUT2D eigenvalue weighted by atomic mass is 16.5. The summed E-state index contributed by atoms with van der Waals surface area (Å²) in [6.45, 7) is 8.37. The molecule has 2 fully saturated rings. The zero-order chi connectivity index (χ0) is 33.3. The number of aryl methyl sites for hydroxylation is 1. The number of para-hydroxylation sites is 1. The molecule has 2 bridgehead atoms. The molecule has 9 nitrogen and oxygen atoms in total. The van der Waals surface area contributed by atoms with Gasteiger partial charge in [-0.05, 0) is 80.8 Å². The van der Waals surface area contributed by atoms with Crippen LogP contribution >= 0.6 is 0 Å². The summed E-state index contributed by atoms with van der Waals surface area (Å²) in [6.07, 6.45) is 4.67. The fourth-order valence-corrected chi connectivity index (χ4v) is 7.02. The van der Waals surface area contributed by atoms with Gasteiger partial charge in [0.15, 0.2) is 0 Å². The highest BCUT2D eigenvalue weighted by Crippen LogP contribution is 2.42. The molecule has 6 rings (SSSR count). The van der Waals surface area contributed by atoms with Crippen molar-refractivity contribution in [1.29, 1.82) is 0 Å². The Balaban J connectivity index is 1.15. The Labute approximate surface area is 277 Å². The first kappa shape index (κ1) is 32.2. The Morgan fingerprint density at radius 3 is 2.26 bits per heavy atom. The van der Waals surface area contributed by atoms with Crippen molar-refractivity contribution >= 4 is 23.4 Å². The number of methoxy groups -OCH3 is 2. The second-order valence-electron chi connectivity index (χ2n) is 13.9. The highest BCUT2D eigenvalue weighted by Gasteiger charge is 2.44. The average molecular weight is 636 g/mol. The van der Waals surface area contributed by atoms with Gasteiger partial charge in [-0.15, -0.1) is 0 Å². The van der Waals surface area contributed by atoms with Crippen molar-refractivity contribution in [1.82, 2.24) is 14.7 Å². The number of hydrogen-bond acceptors (Lipinski definition) is 5. The van der Waals surface area contributed by atoms with E-state index in [-0.39, 0.29) is 29.4 Å². The van der Waals surface area contributed by atoms with Crippen LogP contribution in [0.4, 0.5) is 16.3 Å². The van der Waals surface area contributed by atoms with Gasteiger partial charge >= 0.3 is 6.03 Å². The molecule has 4 aromatic rings. The molecule has 2 aliphatic rings. The molecular weight excluding hydrogens is 590 g/mol. The number of carbonyl (C=O) groups is 2. The first-order valence-electron chi connectivity index (χ1n) is 16.4. The quantitative estimate of drug-likeness (QED) is 0.206. The number of fused-ring (bicyclic) bond motifs is 2. The average Bonchev–Trinajstić information content (AvgIpc) is 3.59. The molecule has 2 saturated heterocycles. The van der Waals surface area contributed by atoms with E-state index in [2.05, 4.69) is 42.4 Å². The van der Waals surface area contributed by atoms with E-state index in [4.69, 9.17) is 14.6 Å². The van der Waals surface area contributed by atoms with Crippen molar-refractivity contribution in [3.05, 3.63) is 95.2 Å². The van der Waals surface area contributed by atoms with Crippen molar-refractivity contribution in [2.75, 3.05) is 24.9 Å². The molecular formula is C38H45N5O4. The van der Waals surface area contributed by atoms with Gasteiger partial charge in [-0.2, -0.15) is 5.10 Å². The molecule has 47 heavy (non-hydrogen) atoms. The van der Waals surface area contributed by atoms with Gasteiger partial charge in [-0.25, -0.2) is 9.48 Å². The van der Waals surface area contributed by atoms with Crippen LogP contribution in [0.2, 0.25) is 0 Å². The number of aromatic nitrogens is 2. The zero-order valence-corrected chi connectivity index (χ0v) is 28.2. The van der Waals surface area contributed by atoms with E-state index in [9.17, 15) is 9.59 Å². The molecule has 0 saturated carbocycles. The van der Waals surface area contributed by atoms with E-state index in [1.807, 2.05) is 61.5 Å². The van der Waals surface area contributed by atoms with Crippen LogP contribution in [0.1, 0.15) is 73.6 Å².